The second-order valence-corrected chi connectivity index (χ2v) is 4.91. The van der Waals surface area contributed by atoms with Crippen LogP contribution < -0.4 is 5.32 Å². The molecule has 2 N–H and O–H groups in total. The van der Waals surface area contributed by atoms with E-state index in [-0.39, 0.29) is 5.75 Å². The monoisotopic (exact) mass is 284 g/mol. The summed E-state index contributed by atoms with van der Waals surface area (Å²) >= 11 is 6.22. The average Bonchev–Trinajstić information content (AvgIpc) is 2.47. The Kier molecular flexibility index (Phi) is 3.44. The second kappa shape index (κ2) is 5.39. The van der Waals surface area contributed by atoms with E-state index < -0.39 is 0 Å². The van der Waals surface area contributed by atoms with Crippen molar-refractivity contribution in [3.63, 3.8) is 0 Å². The van der Waals surface area contributed by atoms with E-state index in [2.05, 4.69) is 10.3 Å². The van der Waals surface area contributed by atoms with Crippen LogP contribution in [-0.2, 0) is 6.54 Å². The number of nitrogens with one attached hydrogen (secondary N) is 1. The summed E-state index contributed by atoms with van der Waals surface area (Å²) in [5, 5.41) is 14.4. The first-order chi connectivity index (χ1) is 9.74. The predicted molar refractivity (Wildman–Crippen MR) is 82.2 cm³/mol. The van der Waals surface area contributed by atoms with Crippen LogP contribution in [0.4, 0.5) is 5.82 Å². The lowest BCUT2D eigenvalue weighted by Crippen LogP contribution is -2.01. The van der Waals surface area contributed by atoms with Crippen molar-refractivity contribution in [2.45, 2.75) is 6.54 Å². The van der Waals surface area contributed by atoms with Crippen LogP contribution >= 0.6 is 11.6 Å². The zero-order valence-electron chi connectivity index (χ0n) is 10.7. The molecular formula is C16H13ClN2O. The number of benzene rings is 2. The molecule has 0 aliphatic heterocycles. The van der Waals surface area contributed by atoms with Crippen molar-refractivity contribution in [1.29, 1.82) is 0 Å². The fourth-order valence-corrected chi connectivity index (χ4v) is 2.33. The van der Waals surface area contributed by atoms with Crippen LogP contribution in [0.15, 0.2) is 54.6 Å². The number of fused-ring (bicyclic) bond motifs is 1. The van der Waals surface area contributed by atoms with Gasteiger partial charge in [-0.1, -0.05) is 54.1 Å². The molecule has 3 rings (SSSR count). The van der Waals surface area contributed by atoms with Crippen LogP contribution in [0.3, 0.4) is 0 Å². The number of para-hydroxylation sites is 1. The quantitative estimate of drug-likeness (QED) is 0.757. The number of pyridine rings is 1. The zero-order chi connectivity index (χ0) is 13.9. The summed E-state index contributed by atoms with van der Waals surface area (Å²) < 4.78 is 0. The number of phenolic OH excluding ortho intramolecular Hbond substituents is 1. The molecule has 1 heterocycles. The van der Waals surface area contributed by atoms with E-state index in [0.717, 1.165) is 10.9 Å². The number of hydrogen-bond acceptors (Lipinski definition) is 3. The maximum absolute atomic E-state index is 9.86. The molecule has 0 saturated carbocycles. The van der Waals surface area contributed by atoms with Gasteiger partial charge >= 0.3 is 0 Å². The molecule has 3 nitrogen and oxygen atoms in total. The molecule has 1 aromatic heterocycles. The maximum Gasteiger partial charge on any atom is 0.141 e. The fraction of sp³-hybridized carbons (Fsp3) is 0.0625. The lowest BCUT2D eigenvalue weighted by molar-refractivity contribution is 0.480. The smallest absolute Gasteiger partial charge is 0.141 e. The minimum atomic E-state index is 0.132. The molecule has 0 aliphatic carbocycles. The van der Waals surface area contributed by atoms with E-state index in [1.807, 2.05) is 36.4 Å². The topological polar surface area (TPSA) is 45.1 Å². The lowest BCUT2D eigenvalue weighted by atomic mass is 10.2. The molecule has 0 spiro atoms. The number of rotatable bonds is 3. The summed E-state index contributed by atoms with van der Waals surface area (Å²) in [4.78, 5) is 4.41. The van der Waals surface area contributed by atoms with E-state index in [1.165, 1.54) is 0 Å². The molecule has 100 valence electrons. The lowest BCUT2D eigenvalue weighted by Gasteiger charge is -2.09. The van der Waals surface area contributed by atoms with Crippen molar-refractivity contribution in [2.75, 3.05) is 5.32 Å². The Bertz CT molecular complexity index is 744. The van der Waals surface area contributed by atoms with Gasteiger partial charge < -0.3 is 10.4 Å². The zero-order valence-corrected chi connectivity index (χ0v) is 11.4. The molecule has 0 bridgehead atoms. The van der Waals surface area contributed by atoms with Gasteiger partial charge in [-0.2, -0.15) is 0 Å². The van der Waals surface area contributed by atoms with Crippen molar-refractivity contribution >= 4 is 28.3 Å². The van der Waals surface area contributed by atoms with Crippen molar-refractivity contribution in [3.8, 4) is 5.75 Å². The third-order valence-electron chi connectivity index (χ3n) is 3.08. The summed E-state index contributed by atoms with van der Waals surface area (Å²) in [6, 6.07) is 17.0. The molecule has 0 amide bonds. The van der Waals surface area contributed by atoms with Crippen LogP contribution in [0.25, 0.3) is 10.9 Å². The van der Waals surface area contributed by atoms with Gasteiger partial charge in [0.05, 0.1) is 5.02 Å². The molecule has 0 fully saturated rings. The normalized spacial score (nSPS) is 10.7. The van der Waals surface area contributed by atoms with Crippen molar-refractivity contribution in [2.24, 2.45) is 0 Å². The SMILES string of the molecule is Oc1cccc2c(Cl)cc(NCc3ccccc3)nc12. The molecule has 3 aromatic rings. The third kappa shape index (κ3) is 2.53. The van der Waals surface area contributed by atoms with Gasteiger partial charge in [0.15, 0.2) is 0 Å². The van der Waals surface area contributed by atoms with E-state index in [1.54, 1.807) is 18.2 Å². The largest absolute Gasteiger partial charge is 0.506 e. The predicted octanol–water partition coefficient (Wildman–Crippen LogP) is 4.21. The number of hydrogen-bond donors (Lipinski definition) is 2. The first kappa shape index (κ1) is 12.8. The molecule has 4 heteroatoms. The number of nitrogens with zero attached hydrogens (tertiary/aromatic N) is 1. The Balaban J connectivity index is 1.91. The Morgan fingerprint density at radius 1 is 1.05 bits per heavy atom. The van der Waals surface area contributed by atoms with Gasteiger partial charge in [-0.3, -0.25) is 0 Å². The van der Waals surface area contributed by atoms with E-state index in [4.69, 9.17) is 11.6 Å². The van der Waals surface area contributed by atoms with Gasteiger partial charge in [0.1, 0.15) is 17.1 Å². The minimum Gasteiger partial charge on any atom is -0.506 e. The third-order valence-corrected chi connectivity index (χ3v) is 3.40. The molecule has 0 unspecified atom stereocenters. The number of aromatic hydroxyl groups is 1. The fourth-order valence-electron chi connectivity index (χ4n) is 2.07. The van der Waals surface area contributed by atoms with Crippen LogP contribution in [0.1, 0.15) is 5.56 Å². The Morgan fingerprint density at radius 3 is 2.65 bits per heavy atom. The van der Waals surface area contributed by atoms with Crippen LogP contribution in [0, 0.1) is 0 Å². The number of phenols is 1. The van der Waals surface area contributed by atoms with Crippen molar-refractivity contribution in [1.82, 2.24) is 4.98 Å². The van der Waals surface area contributed by atoms with Crippen molar-refractivity contribution in [3.05, 3.63) is 65.2 Å². The molecule has 0 saturated heterocycles. The molecule has 0 radical (unpaired) electrons. The highest BCUT2D eigenvalue weighted by atomic mass is 35.5. The highest BCUT2D eigenvalue weighted by Gasteiger charge is 2.07. The average molecular weight is 285 g/mol. The van der Waals surface area contributed by atoms with Gasteiger partial charge in [0.2, 0.25) is 0 Å². The highest BCUT2D eigenvalue weighted by molar-refractivity contribution is 6.35. The summed E-state index contributed by atoms with van der Waals surface area (Å²) in [6.07, 6.45) is 0. The molecule has 0 aliphatic rings. The summed E-state index contributed by atoms with van der Waals surface area (Å²) in [5.41, 5.74) is 1.67. The van der Waals surface area contributed by atoms with Gasteiger partial charge in [-0.15, -0.1) is 0 Å². The van der Waals surface area contributed by atoms with Gasteiger partial charge in [-0.25, -0.2) is 4.98 Å². The Morgan fingerprint density at radius 2 is 1.85 bits per heavy atom. The highest BCUT2D eigenvalue weighted by Crippen LogP contribution is 2.30. The minimum absolute atomic E-state index is 0.132. The van der Waals surface area contributed by atoms with E-state index in [0.29, 0.717) is 22.9 Å². The molecule has 20 heavy (non-hydrogen) atoms. The Labute approximate surface area is 121 Å². The standard InChI is InChI=1S/C16H13ClN2O/c17-13-9-15(18-10-11-5-2-1-3-6-11)19-16-12(13)7-4-8-14(16)20/h1-9,20H,10H2,(H,18,19). The first-order valence-electron chi connectivity index (χ1n) is 6.30. The van der Waals surface area contributed by atoms with Crippen LogP contribution in [0.5, 0.6) is 5.75 Å². The maximum atomic E-state index is 9.86. The summed E-state index contributed by atoms with van der Waals surface area (Å²) in [6.45, 7) is 0.656. The van der Waals surface area contributed by atoms with Gasteiger partial charge in [0, 0.05) is 11.9 Å². The van der Waals surface area contributed by atoms with Gasteiger partial charge in [-0.05, 0) is 17.7 Å². The second-order valence-electron chi connectivity index (χ2n) is 4.50. The van der Waals surface area contributed by atoms with Crippen LogP contribution in [0.2, 0.25) is 5.02 Å². The molecule has 2 aromatic carbocycles. The van der Waals surface area contributed by atoms with E-state index in [9.17, 15) is 5.11 Å². The number of anilines is 1. The van der Waals surface area contributed by atoms with Crippen molar-refractivity contribution < 1.29 is 5.11 Å². The number of aromatic nitrogens is 1. The summed E-state index contributed by atoms with van der Waals surface area (Å²) in [7, 11) is 0. The van der Waals surface area contributed by atoms with Crippen LogP contribution in [-0.4, -0.2) is 10.1 Å². The molecule has 0 atom stereocenters. The first-order valence-corrected chi connectivity index (χ1v) is 6.68. The van der Waals surface area contributed by atoms with Gasteiger partial charge in [0.25, 0.3) is 0 Å². The number of halogens is 1. The van der Waals surface area contributed by atoms with E-state index >= 15 is 0 Å². The summed E-state index contributed by atoms with van der Waals surface area (Å²) in [5.74, 6) is 0.778. The Hall–Kier alpha value is -2.26. The molecular weight excluding hydrogens is 272 g/mol.